The molecule has 0 heterocycles. The van der Waals surface area contributed by atoms with Gasteiger partial charge in [0, 0.05) is 12.3 Å². The van der Waals surface area contributed by atoms with Gasteiger partial charge in [-0.1, -0.05) is 27.7 Å². The molecule has 1 heteroatoms. The van der Waals surface area contributed by atoms with Gasteiger partial charge in [-0.15, -0.1) is 0 Å². The molecule has 0 bridgehead atoms. The first-order valence-corrected chi connectivity index (χ1v) is 5.14. The van der Waals surface area contributed by atoms with Crippen molar-refractivity contribution < 1.29 is 4.79 Å². The predicted molar refractivity (Wildman–Crippen MR) is 53.2 cm³/mol. The van der Waals surface area contributed by atoms with E-state index in [-0.39, 0.29) is 0 Å². The zero-order valence-corrected chi connectivity index (χ0v) is 8.89. The molecule has 0 aliphatic carbocycles. The summed E-state index contributed by atoms with van der Waals surface area (Å²) in [6.45, 7) is 8.55. The fourth-order valence-corrected chi connectivity index (χ4v) is 1.55. The van der Waals surface area contributed by atoms with Gasteiger partial charge in [-0.2, -0.15) is 0 Å². The van der Waals surface area contributed by atoms with Crippen LogP contribution in [0.25, 0.3) is 0 Å². The summed E-state index contributed by atoms with van der Waals surface area (Å²) in [5.74, 6) is 1.44. The maximum atomic E-state index is 11.5. The van der Waals surface area contributed by atoms with Gasteiger partial charge in [0.05, 0.1) is 0 Å². The highest BCUT2D eigenvalue weighted by atomic mass is 16.1. The summed E-state index contributed by atoms with van der Waals surface area (Å²) in [5, 5.41) is 0. The molecule has 0 amide bonds. The Kier molecular flexibility index (Phi) is 6.04. The van der Waals surface area contributed by atoms with Gasteiger partial charge in [0.15, 0.2) is 0 Å². The third-order valence-electron chi connectivity index (χ3n) is 2.20. The van der Waals surface area contributed by atoms with Crippen LogP contribution in [0, 0.1) is 11.8 Å². The van der Waals surface area contributed by atoms with E-state index in [1.165, 1.54) is 0 Å². The average molecular weight is 170 g/mol. The number of hydrogen-bond acceptors (Lipinski definition) is 1. The van der Waals surface area contributed by atoms with E-state index in [2.05, 4.69) is 27.7 Å². The third-order valence-corrected chi connectivity index (χ3v) is 2.20. The summed E-state index contributed by atoms with van der Waals surface area (Å²) in [7, 11) is 0. The minimum Gasteiger partial charge on any atom is -0.299 e. The lowest BCUT2D eigenvalue weighted by molar-refractivity contribution is -0.123. The summed E-state index contributed by atoms with van der Waals surface area (Å²) in [4.78, 5) is 11.5. The molecule has 1 atom stereocenters. The molecule has 0 aromatic carbocycles. The molecule has 0 aromatic heterocycles. The topological polar surface area (TPSA) is 17.1 Å². The first-order chi connectivity index (χ1) is 5.61. The highest BCUT2D eigenvalue weighted by Crippen LogP contribution is 2.17. The lowest BCUT2D eigenvalue weighted by atomic mass is 9.89. The maximum Gasteiger partial charge on any atom is 0.135 e. The number of carbonyl (C=O) groups is 1. The summed E-state index contributed by atoms with van der Waals surface area (Å²) in [6.07, 6.45) is 3.84. The van der Waals surface area contributed by atoms with Crippen molar-refractivity contribution in [1.82, 2.24) is 0 Å². The number of ketones is 1. The minimum absolute atomic E-state index is 0.324. The minimum atomic E-state index is 0.324. The molecule has 0 aliphatic rings. The van der Waals surface area contributed by atoms with Crippen LogP contribution in [0.4, 0.5) is 0 Å². The van der Waals surface area contributed by atoms with Crippen molar-refractivity contribution in [2.45, 2.75) is 53.4 Å². The molecule has 1 nitrogen and oxygen atoms in total. The summed E-state index contributed by atoms with van der Waals surface area (Å²) in [5.41, 5.74) is 0. The quantitative estimate of drug-likeness (QED) is 0.597. The first-order valence-electron chi connectivity index (χ1n) is 5.14. The van der Waals surface area contributed by atoms with Crippen molar-refractivity contribution in [3.8, 4) is 0 Å². The zero-order valence-electron chi connectivity index (χ0n) is 8.89. The summed E-state index contributed by atoms with van der Waals surface area (Å²) in [6, 6.07) is 0. The van der Waals surface area contributed by atoms with Gasteiger partial charge in [-0.05, 0) is 25.2 Å². The van der Waals surface area contributed by atoms with E-state index in [4.69, 9.17) is 0 Å². The Bertz CT molecular complexity index is 127. The lowest BCUT2D eigenvalue weighted by Gasteiger charge is -2.15. The van der Waals surface area contributed by atoms with Gasteiger partial charge < -0.3 is 0 Å². The Labute approximate surface area is 76.6 Å². The van der Waals surface area contributed by atoms with Crippen LogP contribution in [0.2, 0.25) is 0 Å². The number of Topliss-reactive ketones (excluding diaryl/α,β-unsaturated/α-hetero) is 1. The van der Waals surface area contributed by atoms with Gasteiger partial charge in [0.1, 0.15) is 5.78 Å². The Balaban J connectivity index is 3.87. The Hall–Kier alpha value is -0.330. The van der Waals surface area contributed by atoms with Crippen LogP contribution in [0.1, 0.15) is 53.4 Å². The fraction of sp³-hybridized carbons (Fsp3) is 0.909. The molecule has 12 heavy (non-hydrogen) atoms. The highest BCUT2D eigenvalue weighted by Gasteiger charge is 2.16. The van der Waals surface area contributed by atoms with E-state index in [0.717, 1.165) is 25.7 Å². The summed E-state index contributed by atoms with van der Waals surface area (Å²) < 4.78 is 0. The molecule has 0 fully saturated rings. The second-order valence-corrected chi connectivity index (χ2v) is 3.95. The summed E-state index contributed by atoms with van der Waals surface area (Å²) >= 11 is 0. The molecule has 0 radical (unpaired) electrons. The largest absolute Gasteiger partial charge is 0.299 e. The van der Waals surface area contributed by atoms with Gasteiger partial charge in [-0.3, -0.25) is 4.79 Å². The van der Waals surface area contributed by atoms with Crippen LogP contribution in [0.5, 0.6) is 0 Å². The van der Waals surface area contributed by atoms with Crippen LogP contribution < -0.4 is 0 Å². The van der Waals surface area contributed by atoms with E-state index in [1.54, 1.807) is 0 Å². The van der Waals surface area contributed by atoms with Crippen molar-refractivity contribution >= 4 is 5.78 Å². The fourth-order valence-electron chi connectivity index (χ4n) is 1.55. The number of rotatable bonds is 6. The standard InChI is InChI=1S/C11H22O/c1-5-7-11(12)10(6-2)8-9(3)4/h9-10H,5-8H2,1-4H3. The van der Waals surface area contributed by atoms with Crippen molar-refractivity contribution in [2.75, 3.05) is 0 Å². The molecule has 0 saturated carbocycles. The molecule has 0 aromatic rings. The van der Waals surface area contributed by atoms with Gasteiger partial charge >= 0.3 is 0 Å². The third kappa shape index (κ3) is 4.53. The Morgan fingerprint density at radius 3 is 2.17 bits per heavy atom. The molecule has 0 aliphatic heterocycles. The van der Waals surface area contributed by atoms with E-state index < -0.39 is 0 Å². The van der Waals surface area contributed by atoms with E-state index in [9.17, 15) is 4.79 Å². The van der Waals surface area contributed by atoms with Gasteiger partial charge in [0.2, 0.25) is 0 Å². The molecular weight excluding hydrogens is 148 g/mol. The van der Waals surface area contributed by atoms with E-state index in [0.29, 0.717) is 17.6 Å². The SMILES string of the molecule is CCCC(=O)C(CC)CC(C)C. The van der Waals surface area contributed by atoms with Crippen LogP contribution in [-0.2, 0) is 4.79 Å². The first kappa shape index (κ1) is 11.7. The van der Waals surface area contributed by atoms with E-state index in [1.807, 2.05) is 0 Å². The highest BCUT2D eigenvalue weighted by molar-refractivity contribution is 5.80. The van der Waals surface area contributed by atoms with Crippen molar-refractivity contribution in [1.29, 1.82) is 0 Å². The number of carbonyl (C=O) groups excluding carboxylic acids is 1. The smallest absolute Gasteiger partial charge is 0.135 e. The lowest BCUT2D eigenvalue weighted by Crippen LogP contribution is -2.15. The van der Waals surface area contributed by atoms with Crippen molar-refractivity contribution in [3.63, 3.8) is 0 Å². The second-order valence-electron chi connectivity index (χ2n) is 3.95. The Morgan fingerprint density at radius 2 is 1.83 bits per heavy atom. The zero-order chi connectivity index (χ0) is 9.56. The van der Waals surface area contributed by atoms with Crippen LogP contribution in [0.3, 0.4) is 0 Å². The normalized spacial score (nSPS) is 13.4. The maximum absolute atomic E-state index is 11.5. The molecular formula is C11H22O. The predicted octanol–water partition coefficient (Wildman–Crippen LogP) is 3.43. The van der Waals surface area contributed by atoms with Crippen LogP contribution in [0.15, 0.2) is 0 Å². The molecule has 0 N–H and O–H groups in total. The Morgan fingerprint density at radius 1 is 1.25 bits per heavy atom. The van der Waals surface area contributed by atoms with Gasteiger partial charge in [-0.25, -0.2) is 0 Å². The monoisotopic (exact) mass is 170 g/mol. The van der Waals surface area contributed by atoms with Crippen molar-refractivity contribution in [2.24, 2.45) is 11.8 Å². The molecule has 0 spiro atoms. The average Bonchev–Trinajstić information content (AvgIpc) is 2.00. The van der Waals surface area contributed by atoms with E-state index >= 15 is 0 Å². The second kappa shape index (κ2) is 6.22. The molecule has 0 rings (SSSR count). The molecule has 0 saturated heterocycles. The molecule has 72 valence electrons. The van der Waals surface area contributed by atoms with Crippen LogP contribution in [-0.4, -0.2) is 5.78 Å². The van der Waals surface area contributed by atoms with Crippen LogP contribution >= 0.6 is 0 Å². The number of hydrogen-bond donors (Lipinski definition) is 0. The van der Waals surface area contributed by atoms with Crippen molar-refractivity contribution in [3.05, 3.63) is 0 Å². The van der Waals surface area contributed by atoms with Gasteiger partial charge in [0.25, 0.3) is 0 Å². The molecule has 1 unspecified atom stereocenters.